The maximum absolute atomic E-state index is 11.8. The molecule has 0 bridgehead atoms. The zero-order valence-corrected chi connectivity index (χ0v) is 16.9. The smallest absolute Gasteiger partial charge is 0.250 e. The molecule has 1 aliphatic heterocycles. The van der Waals surface area contributed by atoms with Gasteiger partial charge in [0.1, 0.15) is 5.76 Å². The fraction of sp³-hybridized carbons (Fsp3) is 0.368. The standard InChI is InChI=1S/C19H22BrN3O2S/c20-16-6-4-15(5-7-16)13-26-14-18(24)22-21-12-17-8-9-19(25-17)23-10-2-1-3-11-23/h4-9,12H,1-3,10-11,13-14H2,(H,22,24). The summed E-state index contributed by atoms with van der Waals surface area (Å²) in [6, 6.07) is 11.9. The molecule has 0 saturated carbocycles. The Labute approximate surface area is 166 Å². The first-order chi connectivity index (χ1) is 12.7. The number of halogens is 1. The summed E-state index contributed by atoms with van der Waals surface area (Å²) in [5.74, 6) is 2.56. The van der Waals surface area contributed by atoms with E-state index in [1.807, 2.05) is 36.4 Å². The molecule has 1 amide bonds. The Morgan fingerprint density at radius 3 is 2.73 bits per heavy atom. The van der Waals surface area contributed by atoms with E-state index in [4.69, 9.17) is 4.42 Å². The summed E-state index contributed by atoms with van der Waals surface area (Å²) < 4.78 is 6.83. The third kappa shape index (κ3) is 5.92. The molecule has 1 aromatic heterocycles. The van der Waals surface area contributed by atoms with Gasteiger partial charge < -0.3 is 9.32 Å². The van der Waals surface area contributed by atoms with E-state index in [-0.39, 0.29) is 5.91 Å². The van der Waals surface area contributed by atoms with Crippen molar-refractivity contribution in [2.24, 2.45) is 5.10 Å². The number of piperidine rings is 1. The molecule has 0 atom stereocenters. The normalized spacial score (nSPS) is 14.7. The Balaban J connectivity index is 1.38. The van der Waals surface area contributed by atoms with Crippen LogP contribution < -0.4 is 10.3 Å². The van der Waals surface area contributed by atoms with E-state index >= 15 is 0 Å². The average molecular weight is 436 g/mol. The van der Waals surface area contributed by atoms with Crippen LogP contribution in [0.4, 0.5) is 5.88 Å². The highest BCUT2D eigenvalue weighted by Gasteiger charge is 2.13. The van der Waals surface area contributed by atoms with Crippen molar-refractivity contribution in [1.29, 1.82) is 0 Å². The van der Waals surface area contributed by atoms with Gasteiger partial charge in [0.15, 0.2) is 5.88 Å². The van der Waals surface area contributed by atoms with Gasteiger partial charge in [-0.05, 0) is 43.0 Å². The van der Waals surface area contributed by atoms with Crippen LogP contribution in [0.2, 0.25) is 0 Å². The minimum Gasteiger partial charge on any atom is -0.440 e. The van der Waals surface area contributed by atoms with Crippen molar-refractivity contribution in [1.82, 2.24) is 5.43 Å². The molecule has 2 aromatic rings. The molecule has 5 nitrogen and oxygen atoms in total. The Hall–Kier alpha value is -1.73. The summed E-state index contributed by atoms with van der Waals surface area (Å²) in [6.45, 7) is 2.08. The number of carbonyl (C=O) groups excluding carboxylic acids is 1. The number of hydrazone groups is 1. The van der Waals surface area contributed by atoms with Crippen LogP contribution in [0.5, 0.6) is 0 Å². The van der Waals surface area contributed by atoms with E-state index in [2.05, 4.69) is 31.4 Å². The van der Waals surface area contributed by atoms with Gasteiger partial charge in [-0.2, -0.15) is 5.10 Å². The lowest BCUT2D eigenvalue weighted by molar-refractivity contribution is -0.118. The van der Waals surface area contributed by atoms with Gasteiger partial charge in [0.05, 0.1) is 12.0 Å². The Kier molecular flexibility index (Phi) is 7.20. The second kappa shape index (κ2) is 9.83. The average Bonchev–Trinajstić information content (AvgIpc) is 3.13. The van der Waals surface area contributed by atoms with Crippen LogP contribution in [0.3, 0.4) is 0 Å². The number of rotatable bonds is 7. The number of carbonyl (C=O) groups is 1. The number of benzene rings is 1. The monoisotopic (exact) mass is 435 g/mol. The molecular formula is C19H22BrN3O2S. The number of hydrogen-bond acceptors (Lipinski definition) is 5. The van der Waals surface area contributed by atoms with Crippen molar-refractivity contribution < 1.29 is 9.21 Å². The quantitative estimate of drug-likeness (QED) is 0.516. The highest BCUT2D eigenvalue weighted by atomic mass is 79.9. The molecule has 1 N–H and O–H groups in total. The number of nitrogens with zero attached hydrogens (tertiary/aromatic N) is 2. The number of furan rings is 1. The lowest BCUT2D eigenvalue weighted by atomic mass is 10.1. The molecule has 2 heterocycles. The van der Waals surface area contributed by atoms with E-state index in [1.165, 1.54) is 24.8 Å². The van der Waals surface area contributed by atoms with E-state index in [0.29, 0.717) is 11.5 Å². The summed E-state index contributed by atoms with van der Waals surface area (Å²) in [5.41, 5.74) is 3.73. The number of amides is 1. The first kappa shape index (κ1) is 19.0. The van der Waals surface area contributed by atoms with E-state index in [1.54, 1.807) is 18.0 Å². The minimum absolute atomic E-state index is 0.119. The molecule has 1 fully saturated rings. The van der Waals surface area contributed by atoms with Crippen LogP contribution in [0.15, 0.2) is 50.4 Å². The van der Waals surface area contributed by atoms with Gasteiger partial charge in [0, 0.05) is 29.4 Å². The Bertz CT molecular complexity index is 739. The zero-order chi connectivity index (χ0) is 18.2. The maximum Gasteiger partial charge on any atom is 0.250 e. The molecule has 7 heteroatoms. The van der Waals surface area contributed by atoms with Crippen LogP contribution in [-0.4, -0.2) is 31.0 Å². The molecule has 3 rings (SSSR count). The predicted molar refractivity (Wildman–Crippen MR) is 111 cm³/mol. The highest BCUT2D eigenvalue weighted by Crippen LogP contribution is 2.21. The van der Waals surface area contributed by atoms with Crippen molar-refractivity contribution >= 4 is 45.7 Å². The Morgan fingerprint density at radius 1 is 1.19 bits per heavy atom. The van der Waals surface area contributed by atoms with E-state index in [0.717, 1.165) is 29.2 Å². The van der Waals surface area contributed by atoms with Gasteiger partial charge in [0.2, 0.25) is 5.91 Å². The van der Waals surface area contributed by atoms with Crippen molar-refractivity contribution in [2.75, 3.05) is 23.7 Å². The van der Waals surface area contributed by atoms with Gasteiger partial charge in [-0.25, -0.2) is 5.43 Å². The number of hydrogen-bond donors (Lipinski definition) is 1. The van der Waals surface area contributed by atoms with E-state index in [9.17, 15) is 4.79 Å². The molecule has 1 aliphatic rings. The summed E-state index contributed by atoms with van der Waals surface area (Å²) in [7, 11) is 0. The molecule has 0 unspecified atom stereocenters. The van der Waals surface area contributed by atoms with E-state index < -0.39 is 0 Å². The van der Waals surface area contributed by atoms with Crippen molar-refractivity contribution in [2.45, 2.75) is 25.0 Å². The minimum atomic E-state index is -0.119. The van der Waals surface area contributed by atoms with Gasteiger partial charge in [-0.15, -0.1) is 11.8 Å². The molecule has 1 saturated heterocycles. The number of thioether (sulfide) groups is 1. The highest BCUT2D eigenvalue weighted by molar-refractivity contribution is 9.10. The molecule has 1 aromatic carbocycles. The van der Waals surface area contributed by atoms with Crippen LogP contribution in [0, 0.1) is 0 Å². The molecule has 0 radical (unpaired) electrons. The van der Waals surface area contributed by atoms with Crippen LogP contribution >= 0.6 is 27.7 Å². The Morgan fingerprint density at radius 2 is 1.96 bits per heavy atom. The van der Waals surface area contributed by atoms with Gasteiger partial charge in [0.25, 0.3) is 0 Å². The predicted octanol–water partition coefficient (Wildman–Crippen LogP) is 4.42. The van der Waals surface area contributed by atoms with Gasteiger partial charge >= 0.3 is 0 Å². The zero-order valence-electron chi connectivity index (χ0n) is 14.5. The van der Waals surface area contributed by atoms with Crippen LogP contribution in [0.1, 0.15) is 30.6 Å². The third-order valence-corrected chi connectivity index (χ3v) is 5.61. The topological polar surface area (TPSA) is 57.8 Å². The molecule has 0 spiro atoms. The molecule has 26 heavy (non-hydrogen) atoms. The number of anilines is 1. The molecule has 138 valence electrons. The summed E-state index contributed by atoms with van der Waals surface area (Å²) in [4.78, 5) is 14.1. The molecular weight excluding hydrogens is 414 g/mol. The van der Waals surface area contributed by atoms with Crippen molar-refractivity contribution in [3.05, 3.63) is 52.2 Å². The summed E-state index contributed by atoms with van der Waals surface area (Å²) >= 11 is 4.97. The largest absolute Gasteiger partial charge is 0.440 e. The first-order valence-electron chi connectivity index (χ1n) is 8.69. The fourth-order valence-corrected chi connectivity index (χ4v) is 3.78. The maximum atomic E-state index is 11.8. The fourth-order valence-electron chi connectivity index (χ4n) is 2.74. The summed E-state index contributed by atoms with van der Waals surface area (Å²) in [6.07, 6.45) is 5.25. The van der Waals surface area contributed by atoms with Crippen LogP contribution in [-0.2, 0) is 10.5 Å². The van der Waals surface area contributed by atoms with Crippen molar-refractivity contribution in [3.63, 3.8) is 0 Å². The second-order valence-corrected chi connectivity index (χ2v) is 8.04. The molecule has 0 aliphatic carbocycles. The van der Waals surface area contributed by atoms with Gasteiger partial charge in [-0.3, -0.25) is 4.79 Å². The van der Waals surface area contributed by atoms with Crippen LogP contribution in [0.25, 0.3) is 0 Å². The first-order valence-corrected chi connectivity index (χ1v) is 10.6. The third-order valence-electron chi connectivity index (χ3n) is 4.08. The lowest BCUT2D eigenvalue weighted by Gasteiger charge is -2.25. The second-order valence-electron chi connectivity index (χ2n) is 6.14. The SMILES string of the molecule is O=C(CSCc1ccc(Br)cc1)NN=Cc1ccc(N2CCCCC2)o1. The summed E-state index contributed by atoms with van der Waals surface area (Å²) in [5, 5.41) is 3.98. The van der Waals surface area contributed by atoms with Crippen molar-refractivity contribution in [3.8, 4) is 0 Å². The lowest BCUT2D eigenvalue weighted by Crippen LogP contribution is -2.28. The number of nitrogens with one attached hydrogen (secondary N) is 1. The van der Waals surface area contributed by atoms with Gasteiger partial charge in [-0.1, -0.05) is 28.1 Å².